The lowest BCUT2D eigenvalue weighted by molar-refractivity contribution is -0.116. The van der Waals surface area contributed by atoms with Crippen LogP contribution in [0.1, 0.15) is 18.0 Å². The van der Waals surface area contributed by atoms with E-state index in [1.807, 2.05) is 6.07 Å². The van der Waals surface area contributed by atoms with Gasteiger partial charge in [-0.2, -0.15) is 0 Å². The maximum Gasteiger partial charge on any atom is 0.226 e. The number of hydrogen-bond acceptors (Lipinski definition) is 2. The van der Waals surface area contributed by atoms with Crippen LogP contribution in [0.3, 0.4) is 0 Å². The number of nitrogens with one attached hydrogen (secondary N) is 1. The van der Waals surface area contributed by atoms with Gasteiger partial charge in [0.05, 0.1) is 5.69 Å². The fourth-order valence-electron chi connectivity index (χ4n) is 1.84. The molecule has 0 radical (unpaired) electrons. The molecular formula is C15H13F3N2O. The fraction of sp³-hybridized carbons (Fsp3) is 0.133. The lowest BCUT2D eigenvalue weighted by Crippen LogP contribution is -2.21. The summed E-state index contributed by atoms with van der Waals surface area (Å²) in [7, 11) is 0. The molecule has 3 nitrogen and oxygen atoms in total. The average Bonchev–Trinajstić information content (AvgIpc) is 2.49. The maximum absolute atomic E-state index is 13.4. The molecule has 2 aromatic carbocycles. The molecule has 0 aliphatic heterocycles. The van der Waals surface area contributed by atoms with E-state index in [1.54, 1.807) is 24.3 Å². The number of nitrogens with two attached hydrogens (primary N) is 1. The molecule has 1 amide bonds. The van der Waals surface area contributed by atoms with Gasteiger partial charge in [-0.05, 0) is 17.7 Å². The van der Waals surface area contributed by atoms with Crippen molar-refractivity contribution in [2.24, 2.45) is 5.73 Å². The van der Waals surface area contributed by atoms with Crippen LogP contribution < -0.4 is 11.1 Å². The van der Waals surface area contributed by atoms with Gasteiger partial charge in [-0.3, -0.25) is 4.79 Å². The highest BCUT2D eigenvalue weighted by Gasteiger charge is 2.17. The minimum Gasteiger partial charge on any atom is -0.324 e. The van der Waals surface area contributed by atoms with E-state index < -0.39 is 35.1 Å². The number of rotatable bonds is 4. The Morgan fingerprint density at radius 1 is 1.05 bits per heavy atom. The SMILES string of the molecule is NC(CC(=O)Nc1ccc(F)c(F)c1F)c1ccccc1. The monoisotopic (exact) mass is 294 g/mol. The second-order valence-corrected chi connectivity index (χ2v) is 4.49. The second kappa shape index (κ2) is 6.41. The van der Waals surface area contributed by atoms with Crippen LogP contribution in [0, 0.1) is 17.5 Å². The first-order valence-corrected chi connectivity index (χ1v) is 6.23. The standard InChI is InChI=1S/C15H13F3N2O/c16-10-6-7-12(15(18)14(10)17)20-13(21)8-11(19)9-4-2-1-3-5-9/h1-7,11H,8,19H2,(H,20,21). The normalized spacial score (nSPS) is 12.0. The molecule has 0 aliphatic carbocycles. The number of carbonyl (C=O) groups excluding carboxylic acids is 1. The van der Waals surface area contributed by atoms with Crippen molar-refractivity contribution in [3.8, 4) is 0 Å². The maximum atomic E-state index is 13.4. The third kappa shape index (κ3) is 3.61. The summed E-state index contributed by atoms with van der Waals surface area (Å²) in [4.78, 5) is 11.8. The average molecular weight is 294 g/mol. The first kappa shape index (κ1) is 15.1. The lowest BCUT2D eigenvalue weighted by Gasteiger charge is -2.12. The molecule has 2 rings (SSSR count). The van der Waals surface area contributed by atoms with Gasteiger partial charge < -0.3 is 11.1 Å². The zero-order chi connectivity index (χ0) is 15.4. The Balaban J connectivity index is 2.04. The molecular weight excluding hydrogens is 281 g/mol. The Morgan fingerprint density at radius 3 is 2.38 bits per heavy atom. The van der Waals surface area contributed by atoms with Crippen LogP contribution in [-0.4, -0.2) is 5.91 Å². The number of benzene rings is 2. The molecule has 0 aromatic heterocycles. The highest BCUT2D eigenvalue weighted by molar-refractivity contribution is 5.91. The largest absolute Gasteiger partial charge is 0.324 e. The van der Waals surface area contributed by atoms with Gasteiger partial charge in [-0.25, -0.2) is 13.2 Å². The topological polar surface area (TPSA) is 55.1 Å². The molecule has 21 heavy (non-hydrogen) atoms. The minimum atomic E-state index is -1.62. The van der Waals surface area contributed by atoms with E-state index in [0.29, 0.717) is 0 Å². The van der Waals surface area contributed by atoms with E-state index >= 15 is 0 Å². The van der Waals surface area contributed by atoms with Crippen molar-refractivity contribution in [3.05, 3.63) is 65.5 Å². The van der Waals surface area contributed by atoms with Crippen LogP contribution in [0.25, 0.3) is 0 Å². The van der Waals surface area contributed by atoms with E-state index in [4.69, 9.17) is 5.73 Å². The van der Waals surface area contributed by atoms with Crippen molar-refractivity contribution in [3.63, 3.8) is 0 Å². The molecule has 0 bridgehead atoms. The Hall–Kier alpha value is -2.34. The van der Waals surface area contributed by atoms with Gasteiger partial charge in [0, 0.05) is 12.5 Å². The number of amides is 1. The molecule has 110 valence electrons. The van der Waals surface area contributed by atoms with Gasteiger partial charge in [0.2, 0.25) is 5.91 Å². The van der Waals surface area contributed by atoms with Gasteiger partial charge >= 0.3 is 0 Å². The summed E-state index contributed by atoms with van der Waals surface area (Å²) in [5, 5.41) is 2.18. The first-order valence-electron chi connectivity index (χ1n) is 6.23. The van der Waals surface area contributed by atoms with Crippen molar-refractivity contribution in [2.75, 3.05) is 5.32 Å². The highest BCUT2D eigenvalue weighted by Crippen LogP contribution is 2.21. The molecule has 6 heteroatoms. The molecule has 2 aromatic rings. The smallest absolute Gasteiger partial charge is 0.226 e. The summed E-state index contributed by atoms with van der Waals surface area (Å²) >= 11 is 0. The molecule has 0 aliphatic rings. The van der Waals surface area contributed by atoms with Crippen LogP contribution in [-0.2, 0) is 4.79 Å². The molecule has 0 saturated carbocycles. The van der Waals surface area contributed by atoms with E-state index in [9.17, 15) is 18.0 Å². The molecule has 0 heterocycles. The van der Waals surface area contributed by atoms with Crippen LogP contribution in [0.5, 0.6) is 0 Å². The number of carbonyl (C=O) groups is 1. The minimum absolute atomic E-state index is 0.109. The quantitative estimate of drug-likeness (QED) is 0.851. The van der Waals surface area contributed by atoms with E-state index in [1.165, 1.54) is 0 Å². The Kier molecular flexibility index (Phi) is 4.59. The summed E-state index contributed by atoms with van der Waals surface area (Å²) in [6.07, 6.45) is -0.109. The Bertz CT molecular complexity index is 647. The van der Waals surface area contributed by atoms with Gasteiger partial charge in [0.15, 0.2) is 17.5 Å². The second-order valence-electron chi connectivity index (χ2n) is 4.49. The van der Waals surface area contributed by atoms with E-state index in [-0.39, 0.29) is 6.42 Å². The fourth-order valence-corrected chi connectivity index (χ4v) is 1.84. The van der Waals surface area contributed by atoms with Gasteiger partial charge in [0.25, 0.3) is 0 Å². The van der Waals surface area contributed by atoms with Crippen LogP contribution >= 0.6 is 0 Å². The highest BCUT2D eigenvalue weighted by atomic mass is 19.2. The predicted octanol–water partition coefficient (Wildman–Crippen LogP) is 3.13. The molecule has 1 atom stereocenters. The summed E-state index contributed by atoms with van der Waals surface area (Å²) in [6, 6.07) is 10.0. The third-order valence-corrected chi connectivity index (χ3v) is 2.94. The number of hydrogen-bond donors (Lipinski definition) is 2. The van der Waals surface area contributed by atoms with Crippen molar-refractivity contribution < 1.29 is 18.0 Å². The molecule has 1 unspecified atom stereocenters. The lowest BCUT2D eigenvalue weighted by atomic mass is 10.0. The zero-order valence-corrected chi connectivity index (χ0v) is 10.9. The summed E-state index contributed by atoms with van der Waals surface area (Å²) in [5.74, 6) is -4.96. The van der Waals surface area contributed by atoms with Crippen molar-refractivity contribution in [1.29, 1.82) is 0 Å². The Labute approximate surface area is 119 Å². The first-order chi connectivity index (χ1) is 9.99. The third-order valence-electron chi connectivity index (χ3n) is 2.94. The van der Waals surface area contributed by atoms with E-state index in [0.717, 1.165) is 17.7 Å². The summed E-state index contributed by atoms with van der Waals surface area (Å²) in [6.45, 7) is 0. The van der Waals surface area contributed by atoms with Gasteiger partial charge in [-0.15, -0.1) is 0 Å². The molecule has 3 N–H and O–H groups in total. The van der Waals surface area contributed by atoms with Crippen LogP contribution in [0.2, 0.25) is 0 Å². The van der Waals surface area contributed by atoms with Crippen LogP contribution in [0.15, 0.2) is 42.5 Å². The van der Waals surface area contributed by atoms with Gasteiger partial charge in [-0.1, -0.05) is 30.3 Å². The molecule has 0 saturated heterocycles. The van der Waals surface area contributed by atoms with Crippen LogP contribution in [0.4, 0.5) is 18.9 Å². The van der Waals surface area contributed by atoms with Gasteiger partial charge in [0.1, 0.15) is 0 Å². The summed E-state index contributed by atoms with van der Waals surface area (Å²) in [5.41, 5.74) is 6.18. The molecule has 0 fully saturated rings. The Morgan fingerprint density at radius 2 is 1.71 bits per heavy atom. The number of halogens is 3. The summed E-state index contributed by atoms with van der Waals surface area (Å²) < 4.78 is 39.2. The zero-order valence-electron chi connectivity index (χ0n) is 10.9. The van der Waals surface area contributed by atoms with Crippen molar-refractivity contribution in [1.82, 2.24) is 0 Å². The van der Waals surface area contributed by atoms with E-state index in [2.05, 4.69) is 5.32 Å². The predicted molar refractivity (Wildman–Crippen MR) is 72.9 cm³/mol. The van der Waals surface area contributed by atoms with Crippen molar-refractivity contribution >= 4 is 11.6 Å². The molecule has 0 spiro atoms. The number of anilines is 1. The van der Waals surface area contributed by atoms with Crippen molar-refractivity contribution in [2.45, 2.75) is 12.5 Å².